The number of nitrogens with zero attached hydrogens (tertiary/aromatic N) is 3. The third-order valence-electron chi connectivity index (χ3n) is 3.78. The molecule has 1 fully saturated rings. The highest BCUT2D eigenvalue weighted by molar-refractivity contribution is 7.89. The van der Waals surface area contributed by atoms with Gasteiger partial charge in [0.25, 0.3) is 0 Å². The highest BCUT2D eigenvalue weighted by Crippen LogP contribution is 2.18. The summed E-state index contributed by atoms with van der Waals surface area (Å²) in [6, 6.07) is 4.79. The lowest BCUT2D eigenvalue weighted by Gasteiger charge is -2.15. The molecule has 0 unspecified atom stereocenters. The van der Waals surface area contributed by atoms with E-state index in [1.54, 1.807) is 18.5 Å². The third-order valence-corrected chi connectivity index (χ3v) is 4.69. The first-order chi connectivity index (χ1) is 9.54. The predicted molar refractivity (Wildman–Crippen MR) is 76.8 cm³/mol. The van der Waals surface area contributed by atoms with E-state index in [1.807, 2.05) is 4.57 Å². The average molecular weight is 294 g/mol. The number of fused-ring (bicyclic) bond motifs is 1. The molecule has 1 aliphatic rings. The van der Waals surface area contributed by atoms with Gasteiger partial charge in [-0.3, -0.25) is 0 Å². The molecular formula is C13H18N4O2S. The second kappa shape index (κ2) is 5.16. The molecular weight excluding hydrogens is 276 g/mol. The molecule has 0 atom stereocenters. The van der Waals surface area contributed by atoms with Crippen molar-refractivity contribution in [1.82, 2.24) is 14.5 Å². The number of primary sulfonamides is 1. The summed E-state index contributed by atoms with van der Waals surface area (Å²) in [5.41, 5.74) is 1.61. The van der Waals surface area contributed by atoms with Gasteiger partial charge in [0.05, 0.1) is 22.3 Å². The zero-order chi connectivity index (χ0) is 14.2. The molecule has 0 radical (unpaired) electrons. The van der Waals surface area contributed by atoms with E-state index >= 15 is 0 Å². The number of sulfonamides is 1. The van der Waals surface area contributed by atoms with E-state index in [-0.39, 0.29) is 4.90 Å². The van der Waals surface area contributed by atoms with Gasteiger partial charge in [-0.2, -0.15) is 0 Å². The quantitative estimate of drug-likeness (QED) is 0.903. The fraction of sp³-hybridized carbons (Fsp3) is 0.462. The zero-order valence-corrected chi connectivity index (χ0v) is 12.0. The van der Waals surface area contributed by atoms with Crippen molar-refractivity contribution in [2.75, 3.05) is 19.6 Å². The van der Waals surface area contributed by atoms with Gasteiger partial charge in [0.2, 0.25) is 10.0 Å². The molecule has 108 valence electrons. The summed E-state index contributed by atoms with van der Waals surface area (Å²) in [5, 5.41) is 5.17. The first-order valence-electron chi connectivity index (χ1n) is 6.74. The van der Waals surface area contributed by atoms with Crippen molar-refractivity contribution in [2.24, 2.45) is 5.14 Å². The van der Waals surface area contributed by atoms with Gasteiger partial charge in [0, 0.05) is 13.1 Å². The Morgan fingerprint density at radius 2 is 1.95 bits per heavy atom. The molecule has 6 nitrogen and oxygen atoms in total. The lowest BCUT2D eigenvalue weighted by molar-refractivity contribution is 0.324. The normalized spacial score (nSPS) is 17.1. The maximum atomic E-state index is 11.4. The Labute approximate surface area is 118 Å². The molecule has 2 heterocycles. The molecule has 7 heteroatoms. The summed E-state index contributed by atoms with van der Waals surface area (Å²) < 4.78 is 24.8. The summed E-state index contributed by atoms with van der Waals surface area (Å²) in [6.07, 6.45) is 4.29. The van der Waals surface area contributed by atoms with Crippen LogP contribution in [0.2, 0.25) is 0 Å². The fourth-order valence-corrected chi connectivity index (χ4v) is 3.18. The van der Waals surface area contributed by atoms with E-state index in [0.29, 0.717) is 0 Å². The van der Waals surface area contributed by atoms with Gasteiger partial charge in [-0.25, -0.2) is 18.5 Å². The van der Waals surface area contributed by atoms with E-state index in [2.05, 4.69) is 9.88 Å². The summed E-state index contributed by atoms with van der Waals surface area (Å²) in [7, 11) is -3.67. The maximum absolute atomic E-state index is 11.4. The van der Waals surface area contributed by atoms with Gasteiger partial charge in [-0.05, 0) is 44.1 Å². The Kier molecular flexibility index (Phi) is 3.49. The molecule has 1 aliphatic heterocycles. The van der Waals surface area contributed by atoms with Crippen LogP contribution in [0.4, 0.5) is 0 Å². The van der Waals surface area contributed by atoms with Crippen LogP contribution in [0.15, 0.2) is 29.4 Å². The molecule has 2 N–H and O–H groups in total. The molecule has 0 spiro atoms. The minimum atomic E-state index is -3.67. The van der Waals surface area contributed by atoms with Gasteiger partial charge in [0.1, 0.15) is 0 Å². The Morgan fingerprint density at radius 1 is 1.20 bits per heavy atom. The van der Waals surface area contributed by atoms with Crippen LogP contribution < -0.4 is 5.14 Å². The summed E-state index contributed by atoms with van der Waals surface area (Å²) in [4.78, 5) is 6.84. The molecule has 3 rings (SSSR count). The van der Waals surface area contributed by atoms with Gasteiger partial charge >= 0.3 is 0 Å². The molecule has 20 heavy (non-hydrogen) atoms. The molecule has 1 saturated heterocycles. The minimum Gasteiger partial charge on any atom is -0.329 e. The van der Waals surface area contributed by atoms with E-state index in [9.17, 15) is 8.42 Å². The summed E-state index contributed by atoms with van der Waals surface area (Å²) in [6.45, 7) is 4.07. The Morgan fingerprint density at radius 3 is 2.65 bits per heavy atom. The van der Waals surface area contributed by atoms with Crippen LogP contribution in [-0.2, 0) is 16.6 Å². The first-order valence-corrected chi connectivity index (χ1v) is 8.29. The Bertz CT molecular complexity index is 717. The number of aromatic nitrogens is 2. The van der Waals surface area contributed by atoms with Gasteiger partial charge in [0.15, 0.2) is 0 Å². The van der Waals surface area contributed by atoms with Gasteiger partial charge in [-0.1, -0.05) is 0 Å². The average Bonchev–Trinajstić information content (AvgIpc) is 3.04. The molecule has 0 saturated carbocycles. The highest BCUT2D eigenvalue weighted by Gasteiger charge is 2.13. The standard InChI is InChI=1S/C13H18N4O2S/c14-20(18,19)11-3-4-12-13(9-11)17(10-15-12)8-7-16-5-1-2-6-16/h3-4,9-10H,1-2,5-8H2,(H2,14,18,19). The Hall–Kier alpha value is -1.44. The zero-order valence-electron chi connectivity index (χ0n) is 11.2. The lowest BCUT2D eigenvalue weighted by atomic mass is 10.3. The smallest absolute Gasteiger partial charge is 0.238 e. The monoisotopic (exact) mass is 294 g/mol. The van der Waals surface area contributed by atoms with Gasteiger partial charge < -0.3 is 9.47 Å². The lowest BCUT2D eigenvalue weighted by Crippen LogP contribution is -2.23. The van der Waals surface area contributed by atoms with Crippen LogP contribution in [0, 0.1) is 0 Å². The van der Waals surface area contributed by atoms with Crippen molar-refractivity contribution in [3.05, 3.63) is 24.5 Å². The van der Waals surface area contributed by atoms with Crippen molar-refractivity contribution < 1.29 is 8.42 Å². The minimum absolute atomic E-state index is 0.132. The second-order valence-electron chi connectivity index (χ2n) is 5.18. The molecule has 2 aromatic rings. The number of hydrogen-bond acceptors (Lipinski definition) is 4. The van der Waals surface area contributed by atoms with Crippen molar-refractivity contribution >= 4 is 21.1 Å². The van der Waals surface area contributed by atoms with Crippen LogP contribution in [0.1, 0.15) is 12.8 Å². The maximum Gasteiger partial charge on any atom is 0.238 e. The topological polar surface area (TPSA) is 81.2 Å². The number of benzene rings is 1. The number of rotatable bonds is 4. The molecule has 1 aromatic carbocycles. The third kappa shape index (κ3) is 2.70. The molecule has 1 aromatic heterocycles. The largest absolute Gasteiger partial charge is 0.329 e. The predicted octanol–water partition coefficient (Wildman–Crippen LogP) is 0.779. The van der Waals surface area contributed by atoms with Crippen LogP contribution in [-0.4, -0.2) is 42.5 Å². The van der Waals surface area contributed by atoms with Crippen molar-refractivity contribution in [2.45, 2.75) is 24.3 Å². The number of imidazole rings is 1. The van der Waals surface area contributed by atoms with E-state index in [4.69, 9.17) is 5.14 Å². The number of hydrogen-bond donors (Lipinski definition) is 1. The highest BCUT2D eigenvalue weighted by atomic mass is 32.2. The first kappa shape index (κ1) is 13.5. The van der Waals surface area contributed by atoms with E-state index in [1.165, 1.54) is 18.9 Å². The fourth-order valence-electron chi connectivity index (χ4n) is 2.65. The number of nitrogens with two attached hydrogens (primary N) is 1. The number of likely N-dealkylation sites (tertiary alicyclic amines) is 1. The second-order valence-corrected chi connectivity index (χ2v) is 6.74. The molecule has 0 aliphatic carbocycles. The van der Waals surface area contributed by atoms with Crippen LogP contribution >= 0.6 is 0 Å². The molecule has 0 bridgehead atoms. The van der Waals surface area contributed by atoms with E-state index < -0.39 is 10.0 Å². The van der Waals surface area contributed by atoms with Crippen LogP contribution in [0.25, 0.3) is 11.0 Å². The SMILES string of the molecule is NS(=O)(=O)c1ccc2ncn(CCN3CCCC3)c2c1. The van der Waals surface area contributed by atoms with Crippen molar-refractivity contribution in [3.63, 3.8) is 0 Å². The summed E-state index contributed by atoms with van der Waals surface area (Å²) >= 11 is 0. The van der Waals surface area contributed by atoms with Crippen LogP contribution in [0.3, 0.4) is 0 Å². The van der Waals surface area contributed by atoms with Crippen molar-refractivity contribution in [3.8, 4) is 0 Å². The summed E-state index contributed by atoms with van der Waals surface area (Å²) in [5.74, 6) is 0. The molecule has 0 amide bonds. The van der Waals surface area contributed by atoms with E-state index in [0.717, 1.165) is 37.2 Å². The van der Waals surface area contributed by atoms with Crippen LogP contribution in [0.5, 0.6) is 0 Å². The van der Waals surface area contributed by atoms with Crippen molar-refractivity contribution in [1.29, 1.82) is 0 Å². The Balaban J connectivity index is 1.86. The van der Waals surface area contributed by atoms with Gasteiger partial charge in [-0.15, -0.1) is 0 Å².